The molecule has 0 spiro atoms. The molecule has 0 unspecified atom stereocenters. The average Bonchev–Trinajstić information content (AvgIpc) is 2.78. The van der Waals surface area contributed by atoms with Crippen LogP contribution in [0.1, 0.15) is 0 Å². The highest BCUT2D eigenvalue weighted by molar-refractivity contribution is 7.16. The molecule has 3 aromatic rings. The summed E-state index contributed by atoms with van der Waals surface area (Å²) in [6.07, 6.45) is 0. The van der Waals surface area contributed by atoms with E-state index in [0.29, 0.717) is 0 Å². The van der Waals surface area contributed by atoms with Crippen molar-refractivity contribution in [2.24, 2.45) is 0 Å². The highest BCUT2D eigenvalue weighted by Crippen LogP contribution is 2.29. The molecule has 1 aromatic heterocycles. The Bertz CT molecular complexity index is 584. The number of benzene rings is 2. The third-order valence-corrected chi connectivity index (χ3v) is 3.24. The van der Waals surface area contributed by atoms with Gasteiger partial charge in [0.05, 0.1) is 15.7 Å². The first-order valence-corrected chi connectivity index (χ1v) is 5.71. The molecule has 2 heteroatoms. The van der Waals surface area contributed by atoms with Crippen molar-refractivity contribution in [1.82, 2.24) is 4.98 Å². The molecule has 2 aromatic carbocycles. The van der Waals surface area contributed by atoms with Gasteiger partial charge in [-0.1, -0.05) is 42.5 Å². The number of nitrogens with zero attached hydrogens (tertiary/aromatic N) is 1. The molecule has 3 rings (SSSR count). The summed E-state index contributed by atoms with van der Waals surface area (Å²) in [5, 5.41) is 0. The Hall–Kier alpha value is -1.67. The summed E-state index contributed by atoms with van der Waals surface area (Å²) in [4.78, 5) is 4.41. The summed E-state index contributed by atoms with van der Waals surface area (Å²) >= 11 is 1.69. The molecule has 0 radical (unpaired) electrons. The maximum Gasteiger partial charge on any atom is 0.0890 e. The first kappa shape index (κ1) is 8.62. The summed E-state index contributed by atoms with van der Waals surface area (Å²) in [6, 6.07) is 16.7. The van der Waals surface area contributed by atoms with E-state index in [1.54, 1.807) is 11.3 Å². The molecule has 1 nitrogen and oxygen atoms in total. The lowest BCUT2D eigenvalue weighted by Crippen LogP contribution is -1.78. The number of aromatic nitrogens is 1. The largest absolute Gasteiger partial charge is 0.244 e. The molecule has 0 aliphatic carbocycles. The Kier molecular flexibility index (Phi) is 2.00. The van der Waals surface area contributed by atoms with E-state index in [4.69, 9.17) is 0 Å². The van der Waals surface area contributed by atoms with Crippen LogP contribution in [0.4, 0.5) is 0 Å². The van der Waals surface area contributed by atoms with Crippen LogP contribution in [0.2, 0.25) is 0 Å². The van der Waals surface area contributed by atoms with Gasteiger partial charge in [0, 0.05) is 5.56 Å². The van der Waals surface area contributed by atoms with Crippen molar-refractivity contribution in [2.75, 3.05) is 0 Å². The van der Waals surface area contributed by atoms with Gasteiger partial charge in [-0.15, -0.1) is 11.3 Å². The molecule has 72 valence electrons. The summed E-state index contributed by atoms with van der Waals surface area (Å²) in [6.45, 7) is 0. The van der Waals surface area contributed by atoms with E-state index in [9.17, 15) is 0 Å². The summed E-state index contributed by atoms with van der Waals surface area (Å²) in [5.74, 6) is 0. The van der Waals surface area contributed by atoms with Crippen LogP contribution in [-0.2, 0) is 0 Å². The lowest BCUT2D eigenvalue weighted by Gasteiger charge is -2.01. The molecular weight excluding hydrogens is 202 g/mol. The molecule has 15 heavy (non-hydrogen) atoms. The molecule has 0 saturated heterocycles. The van der Waals surface area contributed by atoms with Gasteiger partial charge in [0.15, 0.2) is 0 Å². The fourth-order valence-electron chi connectivity index (χ4n) is 1.74. The molecule has 0 aliphatic heterocycles. The SMILES string of the molecule is c1ccc(-c2cccc3scnc23)cc1. The van der Waals surface area contributed by atoms with Gasteiger partial charge in [0.2, 0.25) is 0 Å². The number of hydrogen-bond donors (Lipinski definition) is 0. The Morgan fingerprint density at radius 2 is 1.73 bits per heavy atom. The van der Waals surface area contributed by atoms with Crippen LogP contribution in [0.25, 0.3) is 21.3 Å². The first-order valence-electron chi connectivity index (χ1n) is 4.83. The number of hydrogen-bond acceptors (Lipinski definition) is 2. The third-order valence-electron chi connectivity index (χ3n) is 2.45. The quantitative estimate of drug-likeness (QED) is 0.593. The van der Waals surface area contributed by atoms with Gasteiger partial charge in [0.1, 0.15) is 0 Å². The van der Waals surface area contributed by atoms with Crippen molar-refractivity contribution in [3.05, 3.63) is 54.0 Å². The molecule has 0 atom stereocenters. The first-order chi connectivity index (χ1) is 7.45. The molecule has 1 heterocycles. The van der Waals surface area contributed by atoms with E-state index in [1.165, 1.54) is 15.8 Å². The van der Waals surface area contributed by atoms with E-state index < -0.39 is 0 Å². The maximum atomic E-state index is 4.41. The van der Waals surface area contributed by atoms with Crippen molar-refractivity contribution in [3.8, 4) is 11.1 Å². The van der Waals surface area contributed by atoms with Crippen molar-refractivity contribution < 1.29 is 0 Å². The van der Waals surface area contributed by atoms with Crippen LogP contribution in [0, 0.1) is 0 Å². The topological polar surface area (TPSA) is 12.9 Å². The fourth-order valence-corrected chi connectivity index (χ4v) is 2.44. The molecule has 0 N–H and O–H groups in total. The number of fused-ring (bicyclic) bond motifs is 1. The van der Waals surface area contributed by atoms with Crippen LogP contribution in [-0.4, -0.2) is 4.98 Å². The van der Waals surface area contributed by atoms with Gasteiger partial charge >= 0.3 is 0 Å². The van der Waals surface area contributed by atoms with Crippen molar-refractivity contribution in [1.29, 1.82) is 0 Å². The molecular formula is C13H9NS. The Labute approximate surface area is 92.0 Å². The van der Waals surface area contributed by atoms with E-state index in [0.717, 1.165) is 5.52 Å². The number of thiazole rings is 1. The minimum absolute atomic E-state index is 1.11. The second-order valence-electron chi connectivity index (χ2n) is 3.37. The standard InChI is InChI=1S/C13H9NS/c1-2-5-10(6-3-1)11-7-4-8-12-13(11)14-9-15-12/h1-9H. The van der Waals surface area contributed by atoms with Gasteiger partial charge in [-0.2, -0.15) is 0 Å². The Morgan fingerprint density at radius 3 is 2.60 bits per heavy atom. The third kappa shape index (κ3) is 1.43. The van der Waals surface area contributed by atoms with E-state index in [1.807, 2.05) is 11.6 Å². The zero-order valence-corrected chi connectivity index (χ0v) is 8.87. The maximum absolute atomic E-state index is 4.41. The van der Waals surface area contributed by atoms with Crippen LogP contribution in [0.3, 0.4) is 0 Å². The van der Waals surface area contributed by atoms with E-state index in [2.05, 4.69) is 47.4 Å². The molecule has 0 fully saturated rings. The highest BCUT2D eigenvalue weighted by atomic mass is 32.1. The highest BCUT2D eigenvalue weighted by Gasteiger charge is 2.04. The lowest BCUT2D eigenvalue weighted by atomic mass is 10.1. The van der Waals surface area contributed by atoms with E-state index >= 15 is 0 Å². The molecule has 0 bridgehead atoms. The van der Waals surface area contributed by atoms with Crippen LogP contribution in [0.15, 0.2) is 54.0 Å². The lowest BCUT2D eigenvalue weighted by molar-refractivity contribution is 1.49. The smallest absolute Gasteiger partial charge is 0.0890 e. The van der Waals surface area contributed by atoms with Crippen molar-refractivity contribution in [3.63, 3.8) is 0 Å². The number of rotatable bonds is 1. The van der Waals surface area contributed by atoms with Gasteiger partial charge in [0.25, 0.3) is 0 Å². The van der Waals surface area contributed by atoms with Gasteiger partial charge < -0.3 is 0 Å². The van der Waals surface area contributed by atoms with E-state index in [-0.39, 0.29) is 0 Å². The second-order valence-corrected chi connectivity index (χ2v) is 4.26. The summed E-state index contributed by atoms with van der Waals surface area (Å²) in [5.41, 5.74) is 5.45. The minimum Gasteiger partial charge on any atom is -0.244 e. The van der Waals surface area contributed by atoms with Crippen molar-refractivity contribution in [2.45, 2.75) is 0 Å². The zero-order chi connectivity index (χ0) is 10.1. The van der Waals surface area contributed by atoms with Crippen molar-refractivity contribution >= 4 is 21.6 Å². The Balaban J connectivity index is 2.31. The van der Waals surface area contributed by atoms with Gasteiger partial charge in [-0.25, -0.2) is 4.98 Å². The van der Waals surface area contributed by atoms with Crippen LogP contribution in [0.5, 0.6) is 0 Å². The number of para-hydroxylation sites is 1. The predicted molar refractivity (Wildman–Crippen MR) is 65.1 cm³/mol. The normalized spacial score (nSPS) is 10.7. The van der Waals surface area contributed by atoms with Gasteiger partial charge in [-0.3, -0.25) is 0 Å². The fraction of sp³-hybridized carbons (Fsp3) is 0. The molecule has 0 aliphatic rings. The average molecular weight is 211 g/mol. The predicted octanol–water partition coefficient (Wildman–Crippen LogP) is 3.96. The zero-order valence-electron chi connectivity index (χ0n) is 8.05. The summed E-state index contributed by atoms with van der Waals surface area (Å²) < 4.78 is 1.25. The monoisotopic (exact) mass is 211 g/mol. The second kappa shape index (κ2) is 3.48. The van der Waals surface area contributed by atoms with Crippen LogP contribution < -0.4 is 0 Å². The molecule has 0 saturated carbocycles. The summed E-state index contributed by atoms with van der Waals surface area (Å²) in [7, 11) is 0. The molecule has 0 amide bonds. The minimum atomic E-state index is 1.11. The van der Waals surface area contributed by atoms with Crippen LogP contribution >= 0.6 is 11.3 Å². The van der Waals surface area contributed by atoms with Gasteiger partial charge in [-0.05, 0) is 11.6 Å². The Morgan fingerprint density at radius 1 is 0.867 bits per heavy atom.